The SMILES string of the molecule is O=C(CCCNc1ccc([N+](=O)[O-])cc1)N1CCN(S(=O)(=O)c2cccc(Cl)c2)CC1. The third-order valence-corrected chi connectivity index (χ3v) is 7.13. The molecule has 1 aliphatic rings. The summed E-state index contributed by atoms with van der Waals surface area (Å²) in [7, 11) is -3.63. The molecule has 0 radical (unpaired) electrons. The Morgan fingerprint density at radius 1 is 1.10 bits per heavy atom. The van der Waals surface area contributed by atoms with Crippen LogP contribution in [0.1, 0.15) is 12.8 Å². The van der Waals surface area contributed by atoms with Crippen molar-refractivity contribution in [1.29, 1.82) is 0 Å². The van der Waals surface area contributed by atoms with Crippen molar-refractivity contribution in [3.63, 3.8) is 0 Å². The first-order chi connectivity index (χ1) is 14.8. The molecule has 9 nitrogen and oxygen atoms in total. The Hall–Kier alpha value is -2.69. The minimum atomic E-state index is -3.63. The number of nitro groups is 1. The molecule has 3 rings (SSSR count). The monoisotopic (exact) mass is 466 g/mol. The molecule has 1 amide bonds. The smallest absolute Gasteiger partial charge is 0.269 e. The van der Waals surface area contributed by atoms with E-state index in [0.717, 1.165) is 5.69 Å². The predicted octanol–water partition coefficient (Wildman–Crippen LogP) is 2.97. The Kier molecular flexibility index (Phi) is 7.47. The Labute approximate surface area is 185 Å². The first kappa shape index (κ1) is 23.0. The Morgan fingerprint density at radius 3 is 2.39 bits per heavy atom. The van der Waals surface area contributed by atoms with Crippen LogP contribution in [0, 0.1) is 10.1 Å². The fourth-order valence-corrected chi connectivity index (χ4v) is 5.01. The van der Waals surface area contributed by atoms with Crippen LogP contribution < -0.4 is 5.32 Å². The molecule has 1 aliphatic heterocycles. The van der Waals surface area contributed by atoms with Crippen molar-refractivity contribution in [3.8, 4) is 0 Å². The van der Waals surface area contributed by atoms with Crippen molar-refractivity contribution < 1.29 is 18.1 Å². The molecule has 166 valence electrons. The summed E-state index contributed by atoms with van der Waals surface area (Å²) in [5.41, 5.74) is 0.773. The molecule has 1 saturated heterocycles. The van der Waals surface area contributed by atoms with E-state index in [1.807, 2.05) is 0 Å². The average molecular weight is 467 g/mol. The maximum Gasteiger partial charge on any atom is 0.269 e. The maximum atomic E-state index is 12.7. The molecule has 0 aromatic heterocycles. The Bertz CT molecular complexity index is 1040. The highest BCUT2D eigenvalue weighted by Crippen LogP contribution is 2.21. The van der Waals surface area contributed by atoms with Crippen molar-refractivity contribution in [2.24, 2.45) is 0 Å². The number of halogens is 1. The highest BCUT2D eigenvalue weighted by molar-refractivity contribution is 7.89. The van der Waals surface area contributed by atoms with Crippen LogP contribution in [0.4, 0.5) is 11.4 Å². The van der Waals surface area contributed by atoms with Gasteiger partial charge in [-0.3, -0.25) is 14.9 Å². The number of hydrogen-bond acceptors (Lipinski definition) is 6. The van der Waals surface area contributed by atoms with Crippen LogP contribution in [0.15, 0.2) is 53.4 Å². The van der Waals surface area contributed by atoms with Crippen LogP contribution in [0.2, 0.25) is 5.02 Å². The van der Waals surface area contributed by atoms with E-state index in [-0.39, 0.29) is 29.6 Å². The minimum absolute atomic E-state index is 0.0229. The molecular weight excluding hydrogens is 444 g/mol. The van der Waals surface area contributed by atoms with Crippen LogP contribution in [0.3, 0.4) is 0 Å². The molecular formula is C20H23ClN4O5S. The van der Waals surface area contributed by atoms with Crippen LogP contribution in [-0.2, 0) is 14.8 Å². The number of piperazine rings is 1. The summed E-state index contributed by atoms with van der Waals surface area (Å²) in [5, 5.41) is 14.1. The number of carbonyl (C=O) groups excluding carboxylic acids is 1. The first-order valence-corrected chi connectivity index (χ1v) is 11.6. The van der Waals surface area contributed by atoms with Crippen molar-refractivity contribution in [2.45, 2.75) is 17.7 Å². The molecule has 0 bridgehead atoms. The molecule has 0 atom stereocenters. The number of hydrogen-bond donors (Lipinski definition) is 1. The normalized spacial score (nSPS) is 14.9. The molecule has 0 aliphatic carbocycles. The van der Waals surface area contributed by atoms with Gasteiger partial charge in [0.15, 0.2) is 0 Å². The summed E-state index contributed by atoms with van der Waals surface area (Å²) in [6.45, 7) is 1.71. The third kappa shape index (κ3) is 5.93. The molecule has 1 N–H and O–H groups in total. The minimum Gasteiger partial charge on any atom is -0.385 e. The van der Waals surface area contributed by atoms with Crippen molar-refractivity contribution >= 4 is 38.9 Å². The van der Waals surface area contributed by atoms with Gasteiger partial charge in [0.2, 0.25) is 15.9 Å². The summed E-state index contributed by atoms with van der Waals surface area (Å²) >= 11 is 5.91. The van der Waals surface area contributed by atoms with Gasteiger partial charge in [0.05, 0.1) is 9.82 Å². The lowest BCUT2D eigenvalue weighted by Gasteiger charge is -2.34. The lowest BCUT2D eigenvalue weighted by atomic mass is 10.2. The zero-order valence-corrected chi connectivity index (χ0v) is 18.3. The Balaban J connectivity index is 1.42. The number of anilines is 1. The van der Waals surface area contributed by atoms with Gasteiger partial charge in [-0.05, 0) is 36.8 Å². The van der Waals surface area contributed by atoms with Crippen LogP contribution in [0.25, 0.3) is 0 Å². The van der Waals surface area contributed by atoms with E-state index in [1.54, 1.807) is 29.2 Å². The van der Waals surface area contributed by atoms with E-state index in [2.05, 4.69) is 5.32 Å². The largest absolute Gasteiger partial charge is 0.385 e. The number of non-ortho nitro benzene ring substituents is 1. The van der Waals surface area contributed by atoms with Crippen LogP contribution in [-0.4, -0.2) is 61.2 Å². The summed E-state index contributed by atoms with van der Waals surface area (Å²) in [5.74, 6) is -0.0229. The number of carbonyl (C=O) groups is 1. The van der Waals surface area contributed by atoms with Crippen molar-refractivity contribution in [2.75, 3.05) is 38.0 Å². The second-order valence-electron chi connectivity index (χ2n) is 7.08. The van der Waals surface area contributed by atoms with E-state index in [1.165, 1.54) is 28.6 Å². The fourth-order valence-electron chi connectivity index (χ4n) is 3.29. The lowest BCUT2D eigenvalue weighted by Crippen LogP contribution is -2.50. The molecule has 2 aromatic rings. The van der Waals surface area contributed by atoms with Gasteiger partial charge in [-0.15, -0.1) is 0 Å². The van der Waals surface area contributed by atoms with Gasteiger partial charge in [0.1, 0.15) is 0 Å². The van der Waals surface area contributed by atoms with E-state index in [4.69, 9.17) is 11.6 Å². The van der Waals surface area contributed by atoms with Crippen molar-refractivity contribution in [3.05, 3.63) is 63.7 Å². The zero-order chi connectivity index (χ0) is 22.4. The maximum absolute atomic E-state index is 12.7. The standard InChI is InChI=1S/C20H23ClN4O5S/c21-16-3-1-4-19(15-16)31(29,30)24-13-11-23(12-14-24)20(26)5-2-10-22-17-6-8-18(9-7-17)25(27)28/h1,3-4,6-9,15,22H,2,5,10-14H2. The summed E-state index contributed by atoms with van der Waals surface area (Å²) < 4.78 is 26.8. The summed E-state index contributed by atoms with van der Waals surface area (Å²) in [6, 6.07) is 12.2. The van der Waals surface area contributed by atoms with E-state index in [0.29, 0.717) is 37.5 Å². The molecule has 1 heterocycles. The van der Waals surface area contributed by atoms with Gasteiger partial charge in [0, 0.05) is 62.0 Å². The number of nitro benzene ring substituents is 1. The molecule has 0 saturated carbocycles. The third-order valence-electron chi connectivity index (χ3n) is 5.00. The molecule has 0 spiro atoms. The number of amides is 1. The molecule has 0 unspecified atom stereocenters. The highest BCUT2D eigenvalue weighted by atomic mass is 35.5. The number of nitrogens with zero attached hydrogens (tertiary/aromatic N) is 3. The number of benzene rings is 2. The van der Waals surface area contributed by atoms with E-state index < -0.39 is 14.9 Å². The van der Waals surface area contributed by atoms with E-state index in [9.17, 15) is 23.3 Å². The lowest BCUT2D eigenvalue weighted by molar-refractivity contribution is -0.384. The molecule has 1 fully saturated rings. The predicted molar refractivity (Wildman–Crippen MR) is 118 cm³/mol. The van der Waals surface area contributed by atoms with Gasteiger partial charge >= 0.3 is 0 Å². The second kappa shape index (κ2) is 10.1. The highest BCUT2D eigenvalue weighted by Gasteiger charge is 2.30. The van der Waals surface area contributed by atoms with Gasteiger partial charge in [-0.25, -0.2) is 8.42 Å². The summed E-state index contributed by atoms with van der Waals surface area (Å²) in [4.78, 5) is 24.5. The zero-order valence-electron chi connectivity index (χ0n) is 16.7. The molecule has 11 heteroatoms. The first-order valence-electron chi connectivity index (χ1n) is 9.79. The number of rotatable bonds is 8. The van der Waals surface area contributed by atoms with Crippen LogP contribution in [0.5, 0.6) is 0 Å². The topological polar surface area (TPSA) is 113 Å². The Morgan fingerprint density at radius 2 is 1.77 bits per heavy atom. The second-order valence-corrected chi connectivity index (χ2v) is 9.45. The van der Waals surface area contributed by atoms with Crippen molar-refractivity contribution in [1.82, 2.24) is 9.21 Å². The average Bonchev–Trinajstić information content (AvgIpc) is 2.77. The fraction of sp³-hybridized carbons (Fsp3) is 0.350. The van der Waals surface area contributed by atoms with E-state index >= 15 is 0 Å². The summed E-state index contributed by atoms with van der Waals surface area (Å²) in [6.07, 6.45) is 0.928. The van der Waals surface area contributed by atoms with Gasteiger partial charge in [-0.2, -0.15) is 4.31 Å². The molecule has 31 heavy (non-hydrogen) atoms. The van der Waals surface area contributed by atoms with Gasteiger partial charge < -0.3 is 10.2 Å². The molecule has 2 aromatic carbocycles. The van der Waals surface area contributed by atoms with Crippen LogP contribution >= 0.6 is 11.6 Å². The van der Waals surface area contributed by atoms with Gasteiger partial charge in [0.25, 0.3) is 5.69 Å². The number of nitrogens with one attached hydrogen (secondary N) is 1. The number of sulfonamides is 1. The quantitative estimate of drug-likeness (QED) is 0.363. The van der Waals surface area contributed by atoms with Gasteiger partial charge in [-0.1, -0.05) is 17.7 Å².